The molecule has 0 aromatic rings. The molecule has 0 amide bonds. The zero-order valence-electron chi connectivity index (χ0n) is 19.3. The Bertz CT molecular complexity index is 232. The van der Waals surface area contributed by atoms with Gasteiger partial charge < -0.3 is 5.50 Å². The number of rotatable bonds is 21. The summed E-state index contributed by atoms with van der Waals surface area (Å²) in [4.78, 5) is 0. The van der Waals surface area contributed by atoms with Gasteiger partial charge in [0.25, 0.3) is 0 Å². The third-order valence-electron chi connectivity index (χ3n) is 5.87. The minimum absolute atomic E-state index is 0. The Morgan fingerprint density at radius 3 is 0.889 bits per heavy atom. The molecular weight excluding hydrogens is 413 g/mol. The van der Waals surface area contributed by atoms with Crippen molar-refractivity contribution in [2.24, 2.45) is 5.50 Å². The predicted molar refractivity (Wildman–Crippen MR) is 136 cm³/mol. The zero-order chi connectivity index (χ0) is 19.3. The average molecular weight is 468 g/mol. The first-order valence-electron chi connectivity index (χ1n) is 12.3. The lowest BCUT2D eigenvalue weighted by Crippen LogP contribution is -2.17. The summed E-state index contributed by atoms with van der Waals surface area (Å²) in [6, 6.07) is 0. The third-order valence-corrected chi connectivity index (χ3v) is 9.49. The van der Waals surface area contributed by atoms with Crippen molar-refractivity contribution in [1.29, 1.82) is 0 Å². The monoisotopic (exact) mass is 466 g/mol. The van der Waals surface area contributed by atoms with Crippen LogP contribution in [0.1, 0.15) is 136 Å². The summed E-state index contributed by atoms with van der Waals surface area (Å²) in [6.07, 6.45) is 29.5. The van der Waals surface area contributed by atoms with Crippen LogP contribution in [0.4, 0.5) is 0 Å². The van der Waals surface area contributed by atoms with E-state index in [4.69, 9.17) is 5.50 Å². The van der Waals surface area contributed by atoms with Crippen LogP contribution in [0.25, 0.3) is 0 Å². The Morgan fingerprint density at radius 1 is 0.407 bits per heavy atom. The van der Waals surface area contributed by atoms with E-state index in [1.54, 1.807) is 0 Å². The van der Waals surface area contributed by atoms with E-state index in [-0.39, 0.29) is 17.0 Å². The molecule has 27 heavy (non-hydrogen) atoms. The molecule has 2 N–H and O–H groups in total. The van der Waals surface area contributed by atoms with Crippen molar-refractivity contribution in [2.45, 2.75) is 136 Å². The van der Waals surface area contributed by atoms with Gasteiger partial charge >= 0.3 is 0 Å². The molecule has 0 spiro atoms. The highest BCUT2D eigenvalue weighted by Gasteiger charge is 2.20. The van der Waals surface area contributed by atoms with Gasteiger partial charge in [0, 0.05) is 0 Å². The summed E-state index contributed by atoms with van der Waals surface area (Å²) in [5, 5.41) is 0. The van der Waals surface area contributed by atoms with E-state index < -0.39 is 7.41 Å². The standard InChI is InChI=1S/C24H53NP.BrH/c1-4-7-10-13-16-19-22-26(25,23-20-17-14-11-8-5-2)24-21-18-15-12-9-6-3;/h4-25H2,1-3H3;1H. The first kappa shape index (κ1) is 30.1. The van der Waals surface area contributed by atoms with Gasteiger partial charge in [0.05, 0.1) is 0 Å². The van der Waals surface area contributed by atoms with Gasteiger partial charge in [0.15, 0.2) is 0 Å². The lowest BCUT2D eigenvalue weighted by atomic mass is 10.1. The maximum Gasteiger partial charge on any atom is -0.0241 e. The zero-order valence-corrected chi connectivity index (χ0v) is 21.9. The van der Waals surface area contributed by atoms with Crippen LogP contribution in [-0.4, -0.2) is 18.5 Å². The fourth-order valence-corrected chi connectivity index (χ4v) is 7.19. The van der Waals surface area contributed by atoms with Crippen molar-refractivity contribution in [1.82, 2.24) is 0 Å². The van der Waals surface area contributed by atoms with Crippen LogP contribution >= 0.6 is 24.4 Å². The number of hydrogen-bond acceptors (Lipinski definition) is 1. The summed E-state index contributed by atoms with van der Waals surface area (Å²) in [5.74, 6) is 0. The average Bonchev–Trinajstić information content (AvgIpc) is 2.64. The van der Waals surface area contributed by atoms with E-state index >= 15 is 0 Å². The SMILES string of the molecule is Br.CCCCCCCC[P](N)(CCCCCCCC)CCCCCCCC. The molecule has 0 atom stereocenters. The molecule has 0 unspecified atom stereocenters. The summed E-state index contributed by atoms with van der Waals surface area (Å²) in [7, 11) is -1.14. The van der Waals surface area contributed by atoms with E-state index in [0.29, 0.717) is 0 Å². The molecule has 0 aliphatic heterocycles. The Morgan fingerprint density at radius 2 is 0.630 bits per heavy atom. The Kier molecular flexibility index (Phi) is 25.8. The molecule has 0 fully saturated rings. The second-order valence-corrected chi connectivity index (χ2v) is 12.5. The number of halogens is 1. The molecule has 1 nitrogen and oxygen atoms in total. The van der Waals surface area contributed by atoms with E-state index in [2.05, 4.69) is 20.8 Å². The molecule has 0 saturated carbocycles. The molecule has 3 heteroatoms. The molecular formula is C24H54BrNP. The van der Waals surface area contributed by atoms with E-state index in [9.17, 15) is 0 Å². The lowest BCUT2D eigenvalue weighted by molar-refractivity contribution is 0.615. The van der Waals surface area contributed by atoms with Crippen LogP contribution in [-0.2, 0) is 0 Å². The van der Waals surface area contributed by atoms with Crippen molar-refractivity contribution < 1.29 is 0 Å². The van der Waals surface area contributed by atoms with Gasteiger partial charge in [0.2, 0.25) is 0 Å². The summed E-state index contributed by atoms with van der Waals surface area (Å²) in [5.41, 5.74) is 7.03. The maximum atomic E-state index is 7.03. The van der Waals surface area contributed by atoms with Gasteiger partial charge in [-0.3, -0.25) is 0 Å². The number of nitrogens with two attached hydrogens (primary N) is 1. The topological polar surface area (TPSA) is 26.0 Å². The third kappa shape index (κ3) is 21.4. The van der Waals surface area contributed by atoms with Crippen LogP contribution in [0, 0.1) is 0 Å². The molecule has 0 heterocycles. The van der Waals surface area contributed by atoms with Crippen molar-refractivity contribution in [3.8, 4) is 0 Å². The fraction of sp³-hybridized carbons (Fsp3) is 1.00. The largest absolute Gasteiger partial charge is 0.313 e. The molecule has 0 rings (SSSR count). The first-order valence-corrected chi connectivity index (χ1v) is 14.7. The molecule has 0 aromatic carbocycles. The molecule has 0 saturated heterocycles. The highest BCUT2D eigenvalue weighted by atomic mass is 79.9. The highest BCUT2D eigenvalue weighted by Crippen LogP contribution is 2.53. The van der Waals surface area contributed by atoms with E-state index in [1.165, 1.54) is 134 Å². The smallest absolute Gasteiger partial charge is 0.0241 e. The van der Waals surface area contributed by atoms with Crippen LogP contribution in [0.2, 0.25) is 0 Å². The van der Waals surface area contributed by atoms with E-state index in [0.717, 1.165) is 0 Å². The van der Waals surface area contributed by atoms with Gasteiger partial charge in [-0.1, -0.05) is 124 Å². The van der Waals surface area contributed by atoms with Gasteiger partial charge in [0.1, 0.15) is 0 Å². The number of hydrogen-bond donors (Lipinski definition) is 1. The summed E-state index contributed by atoms with van der Waals surface area (Å²) in [6.45, 7) is 6.91. The second kappa shape index (κ2) is 23.2. The maximum absolute atomic E-state index is 7.03. The van der Waals surface area contributed by atoms with E-state index in [1.807, 2.05) is 0 Å². The first-order chi connectivity index (χ1) is 12.7. The molecule has 1 radical (unpaired) electrons. The fourth-order valence-electron chi connectivity index (χ4n) is 3.96. The van der Waals surface area contributed by atoms with Crippen LogP contribution in [0.5, 0.6) is 0 Å². The normalized spacial score (nSPS) is 11.6. The van der Waals surface area contributed by atoms with Crippen LogP contribution in [0.3, 0.4) is 0 Å². The molecule has 167 valence electrons. The molecule has 0 aliphatic rings. The molecule has 0 aromatic heterocycles. The molecule has 0 bridgehead atoms. The van der Waals surface area contributed by atoms with Crippen molar-refractivity contribution in [3.63, 3.8) is 0 Å². The second-order valence-electron chi connectivity index (χ2n) is 8.69. The highest BCUT2D eigenvalue weighted by molar-refractivity contribution is 8.93. The lowest BCUT2D eigenvalue weighted by Gasteiger charge is -2.32. The summed E-state index contributed by atoms with van der Waals surface area (Å²) >= 11 is 0. The van der Waals surface area contributed by atoms with Gasteiger partial charge in [-0.25, -0.2) is 0 Å². The summed E-state index contributed by atoms with van der Waals surface area (Å²) < 4.78 is 0. The minimum Gasteiger partial charge on any atom is -0.313 e. The van der Waals surface area contributed by atoms with Crippen LogP contribution < -0.4 is 5.50 Å². The van der Waals surface area contributed by atoms with Gasteiger partial charge in [-0.15, -0.1) is 17.0 Å². The van der Waals surface area contributed by atoms with Crippen molar-refractivity contribution in [2.75, 3.05) is 18.5 Å². The Labute approximate surface area is 184 Å². The Hall–Kier alpha value is 0.870. The van der Waals surface area contributed by atoms with Crippen molar-refractivity contribution >= 4 is 24.4 Å². The minimum atomic E-state index is -1.14. The van der Waals surface area contributed by atoms with Crippen molar-refractivity contribution in [3.05, 3.63) is 0 Å². The Balaban J connectivity index is 0. The molecule has 0 aliphatic carbocycles. The van der Waals surface area contributed by atoms with Gasteiger partial charge in [-0.05, 0) is 37.7 Å². The quantitative estimate of drug-likeness (QED) is 0.132. The predicted octanol–water partition coefficient (Wildman–Crippen LogP) is 9.54. The van der Waals surface area contributed by atoms with Crippen LogP contribution in [0.15, 0.2) is 0 Å². The number of unbranched alkanes of at least 4 members (excludes halogenated alkanes) is 15. The van der Waals surface area contributed by atoms with Gasteiger partial charge in [-0.2, -0.15) is 0 Å².